The molecule has 1 aromatic carbocycles. The van der Waals surface area contributed by atoms with Crippen molar-refractivity contribution in [1.82, 2.24) is 20.9 Å². The highest BCUT2D eigenvalue weighted by Gasteiger charge is 2.08. The second kappa shape index (κ2) is 11.6. The molecule has 1 amide bonds. The third-order valence-electron chi connectivity index (χ3n) is 4.11. The third kappa shape index (κ3) is 7.25. The van der Waals surface area contributed by atoms with Crippen molar-refractivity contribution in [3.63, 3.8) is 0 Å². The number of aromatic nitrogens is 1. The summed E-state index contributed by atoms with van der Waals surface area (Å²) in [6.45, 7) is 5.46. The molecule has 6 heteroatoms. The van der Waals surface area contributed by atoms with Gasteiger partial charge in [-0.1, -0.05) is 18.2 Å². The van der Waals surface area contributed by atoms with Gasteiger partial charge in [0.15, 0.2) is 0 Å². The third-order valence-corrected chi connectivity index (χ3v) is 4.11. The van der Waals surface area contributed by atoms with Gasteiger partial charge in [0.25, 0.3) is 5.91 Å². The summed E-state index contributed by atoms with van der Waals surface area (Å²) in [6.07, 6.45) is 4.31. The second-order valence-electron chi connectivity index (χ2n) is 6.23. The van der Waals surface area contributed by atoms with Crippen molar-refractivity contribution in [3.8, 4) is 0 Å². The van der Waals surface area contributed by atoms with Crippen LogP contribution in [0.1, 0.15) is 36.2 Å². The maximum absolute atomic E-state index is 12.1. The quantitative estimate of drug-likeness (QED) is 0.356. The van der Waals surface area contributed by atoms with Crippen LogP contribution in [-0.4, -0.2) is 50.2 Å². The lowest BCUT2D eigenvalue weighted by atomic mass is 10.2. The minimum absolute atomic E-state index is 0.0419. The summed E-state index contributed by atoms with van der Waals surface area (Å²) in [4.78, 5) is 15.3. The number of aromatic amines is 1. The first-order valence-corrected chi connectivity index (χ1v) is 9.28. The van der Waals surface area contributed by atoms with Crippen LogP contribution in [0.15, 0.2) is 30.3 Å². The van der Waals surface area contributed by atoms with E-state index in [-0.39, 0.29) is 5.91 Å². The maximum atomic E-state index is 12.1. The molecule has 0 saturated carbocycles. The zero-order valence-corrected chi connectivity index (χ0v) is 14.9. The van der Waals surface area contributed by atoms with E-state index in [0.29, 0.717) is 12.2 Å². The number of nitrogens with one attached hydrogen (secondary N) is 4. The fourth-order valence-corrected chi connectivity index (χ4v) is 2.68. The van der Waals surface area contributed by atoms with Crippen LogP contribution in [0.25, 0.3) is 10.9 Å². The summed E-state index contributed by atoms with van der Waals surface area (Å²) >= 11 is 0. The Kier molecular flexibility index (Phi) is 9.04. The molecule has 0 aliphatic heterocycles. The Morgan fingerprint density at radius 1 is 0.920 bits per heavy atom. The number of hydrogen-bond donors (Lipinski definition) is 5. The molecular weight excluding hydrogens is 314 g/mol. The largest absolute Gasteiger partial charge is 0.351 e. The number of para-hydroxylation sites is 1. The number of fused-ring (bicyclic) bond motifs is 1. The van der Waals surface area contributed by atoms with Gasteiger partial charge in [-0.3, -0.25) is 4.79 Å². The average Bonchev–Trinajstić information content (AvgIpc) is 3.07. The molecule has 0 saturated heterocycles. The number of unbranched alkanes of at least 4 members (excludes halogenated alkanes) is 1. The second-order valence-corrected chi connectivity index (χ2v) is 6.23. The Morgan fingerprint density at radius 2 is 1.60 bits per heavy atom. The molecule has 0 aliphatic carbocycles. The molecule has 0 radical (unpaired) electrons. The molecule has 0 bridgehead atoms. The Labute approximate surface area is 149 Å². The maximum Gasteiger partial charge on any atom is 0.267 e. The first kappa shape index (κ1) is 19.4. The number of H-pyrrole nitrogens is 1. The lowest BCUT2D eigenvalue weighted by Crippen LogP contribution is -2.28. The average molecular weight is 345 g/mol. The molecule has 1 aromatic heterocycles. The van der Waals surface area contributed by atoms with Gasteiger partial charge in [-0.05, 0) is 70.5 Å². The molecule has 138 valence electrons. The predicted octanol–water partition coefficient (Wildman–Crippen LogP) is 1.60. The number of hydrogen-bond acceptors (Lipinski definition) is 4. The molecule has 1 heterocycles. The van der Waals surface area contributed by atoms with Crippen molar-refractivity contribution in [2.75, 3.05) is 39.3 Å². The van der Waals surface area contributed by atoms with Crippen molar-refractivity contribution >= 4 is 16.8 Å². The Bertz CT molecular complexity index is 592. The van der Waals surface area contributed by atoms with E-state index in [4.69, 9.17) is 5.73 Å². The first-order chi connectivity index (χ1) is 12.3. The minimum atomic E-state index is -0.0419. The van der Waals surface area contributed by atoms with E-state index < -0.39 is 0 Å². The fourth-order valence-electron chi connectivity index (χ4n) is 2.68. The van der Waals surface area contributed by atoms with Gasteiger partial charge in [-0.25, -0.2) is 0 Å². The van der Waals surface area contributed by atoms with Crippen molar-refractivity contribution in [1.29, 1.82) is 0 Å². The highest BCUT2D eigenvalue weighted by atomic mass is 16.1. The molecule has 2 rings (SSSR count). The summed E-state index contributed by atoms with van der Waals surface area (Å²) < 4.78 is 0. The Morgan fingerprint density at radius 3 is 2.32 bits per heavy atom. The first-order valence-electron chi connectivity index (χ1n) is 9.28. The molecule has 0 fully saturated rings. The van der Waals surface area contributed by atoms with Crippen LogP contribution in [0.3, 0.4) is 0 Å². The molecule has 6 N–H and O–H groups in total. The summed E-state index contributed by atoms with van der Waals surface area (Å²) in [6, 6.07) is 9.80. The van der Waals surface area contributed by atoms with Gasteiger partial charge in [0.1, 0.15) is 5.69 Å². The summed E-state index contributed by atoms with van der Waals surface area (Å²) in [7, 11) is 0. The van der Waals surface area contributed by atoms with Crippen LogP contribution in [0, 0.1) is 0 Å². The van der Waals surface area contributed by atoms with E-state index in [9.17, 15) is 4.79 Å². The summed E-state index contributed by atoms with van der Waals surface area (Å²) in [5.74, 6) is -0.0419. The molecule has 0 unspecified atom stereocenters. The van der Waals surface area contributed by atoms with Gasteiger partial charge < -0.3 is 26.7 Å². The fraction of sp³-hybridized carbons (Fsp3) is 0.526. The number of nitrogens with two attached hydrogens (primary N) is 1. The van der Waals surface area contributed by atoms with Gasteiger partial charge in [-0.15, -0.1) is 0 Å². The topological polar surface area (TPSA) is 95.0 Å². The van der Waals surface area contributed by atoms with Crippen molar-refractivity contribution in [3.05, 3.63) is 36.0 Å². The Balaban J connectivity index is 1.47. The Hall–Kier alpha value is -1.89. The zero-order valence-electron chi connectivity index (χ0n) is 14.9. The van der Waals surface area contributed by atoms with Gasteiger partial charge in [0.2, 0.25) is 0 Å². The lowest BCUT2D eigenvalue weighted by molar-refractivity contribution is 0.0949. The van der Waals surface area contributed by atoms with Gasteiger partial charge in [-0.2, -0.15) is 0 Å². The van der Waals surface area contributed by atoms with Crippen LogP contribution in [0.2, 0.25) is 0 Å². The van der Waals surface area contributed by atoms with Crippen molar-refractivity contribution in [2.45, 2.75) is 25.7 Å². The zero-order chi connectivity index (χ0) is 17.7. The van der Waals surface area contributed by atoms with Crippen LogP contribution >= 0.6 is 0 Å². The van der Waals surface area contributed by atoms with E-state index in [1.165, 1.54) is 6.42 Å². The number of carbonyl (C=O) groups excluding carboxylic acids is 1. The smallest absolute Gasteiger partial charge is 0.267 e. The number of amides is 1. The van der Waals surface area contributed by atoms with Crippen LogP contribution in [-0.2, 0) is 0 Å². The number of rotatable bonds is 13. The molecule has 2 aromatic rings. The van der Waals surface area contributed by atoms with Gasteiger partial charge in [0.05, 0.1) is 0 Å². The van der Waals surface area contributed by atoms with E-state index in [1.54, 1.807) is 0 Å². The monoisotopic (exact) mass is 345 g/mol. The van der Waals surface area contributed by atoms with Gasteiger partial charge >= 0.3 is 0 Å². The normalized spacial score (nSPS) is 11.1. The lowest BCUT2D eigenvalue weighted by Gasteiger charge is -2.07. The van der Waals surface area contributed by atoms with Crippen molar-refractivity contribution < 1.29 is 4.79 Å². The van der Waals surface area contributed by atoms with E-state index >= 15 is 0 Å². The molecule has 0 atom stereocenters. The van der Waals surface area contributed by atoms with Crippen LogP contribution < -0.4 is 21.7 Å². The number of benzene rings is 1. The standard InChI is InChI=1S/C19H31N5O/c20-9-5-12-21-10-3-4-11-22-13-6-14-23-19(25)18-15-16-7-1-2-8-17(16)24-18/h1-2,7-8,15,21-22,24H,3-6,9-14,20H2,(H,23,25). The molecular formula is C19H31N5O. The molecule has 0 aliphatic rings. The minimum Gasteiger partial charge on any atom is -0.351 e. The van der Waals surface area contributed by atoms with E-state index in [2.05, 4.69) is 20.9 Å². The van der Waals surface area contributed by atoms with Crippen LogP contribution in [0.5, 0.6) is 0 Å². The highest BCUT2D eigenvalue weighted by molar-refractivity contribution is 5.97. The highest BCUT2D eigenvalue weighted by Crippen LogP contribution is 2.14. The molecule has 6 nitrogen and oxygen atoms in total. The summed E-state index contributed by atoms with van der Waals surface area (Å²) in [5, 5.41) is 10.8. The van der Waals surface area contributed by atoms with E-state index in [1.807, 2.05) is 30.3 Å². The van der Waals surface area contributed by atoms with Crippen LogP contribution in [0.4, 0.5) is 0 Å². The van der Waals surface area contributed by atoms with E-state index in [0.717, 1.165) is 62.9 Å². The van der Waals surface area contributed by atoms with Crippen molar-refractivity contribution in [2.24, 2.45) is 5.73 Å². The summed E-state index contributed by atoms with van der Waals surface area (Å²) in [5.41, 5.74) is 7.05. The van der Waals surface area contributed by atoms with Gasteiger partial charge in [0, 0.05) is 17.4 Å². The molecule has 25 heavy (non-hydrogen) atoms. The predicted molar refractivity (Wildman–Crippen MR) is 104 cm³/mol. The molecule has 0 spiro atoms. The number of carbonyl (C=O) groups is 1. The SMILES string of the molecule is NCCCNCCCCNCCCNC(=O)c1cc2ccccc2[nH]1.